The second-order valence-electron chi connectivity index (χ2n) is 7.14. The van der Waals surface area contributed by atoms with Crippen LogP contribution in [0.3, 0.4) is 0 Å². The van der Waals surface area contributed by atoms with Crippen molar-refractivity contribution in [3.05, 3.63) is 36.0 Å². The normalized spacial score (nSPS) is 22.5. The van der Waals surface area contributed by atoms with Crippen molar-refractivity contribution in [3.8, 4) is 11.4 Å². The van der Waals surface area contributed by atoms with Crippen molar-refractivity contribution in [1.82, 2.24) is 20.4 Å². The molecule has 4 rings (SSSR count). The zero-order valence-electron chi connectivity index (χ0n) is 15.1. The number of aromatic nitrogens is 2. The van der Waals surface area contributed by atoms with Gasteiger partial charge in [-0.25, -0.2) is 4.39 Å². The molecule has 27 heavy (non-hydrogen) atoms. The van der Waals surface area contributed by atoms with E-state index in [2.05, 4.69) is 15.5 Å². The van der Waals surface area contributed by atoms with Crippen molar-refractivity contribution in [2.75, 3.05) is 19.6 Å². The van der Waals surface area contributed by atoms with Gasteiger partial charge in [0.05, 0.1) is 5.92 Å². The van der Waals surface area contributed by atoms with Gasteiger partial charge in [0.1, 0.15) is 5.82 Å². The Hall–Kier alpha value is -1.99. The molecule has 0 aliphatic carbocycles. The summed E-state index contributed by atoms with van der Waals surface area (Å²) in [5.74, 6) is 0.980. The number of benzene rings is 1. The number of likely N-dealkylation sites (tertiary alicyclic amines) is 1. The Balaban J connectivity index is 0.00000210. The monoisotopic (exact) mass is 394 g/mol. The van der Waals surface area contributed by atoms with Gasteiger partial charge >= 0.3 is 0 Å². The number of nitrogens with zero attached hydrogens (tertiary/aromatic N) is 3. The van der Waals surface area contributed by atoms with Gasteiger partial charge in [0.15, 0.2) is 0 Å². The molecule has 1 aromatic heterocycles. The lowest BCUT2D eigenvalue weighted by Gasteiger charge is -2.31. The first kappa shape index (κ1) is 19.8. The fourth-order valence-corrected chi connectivity index (χ4v) is 3.79. The summed E-state index contributed by atoms with van der Waals surface area (Å²) < 4.78 is 18.5. The molecule has 2 fully saturated rings. The maximum atomic E-state index is 13.1. The van der Waals surface area contributed by atoms with E-state index in [1.807, 2.05) is 4.90 Å². The van der Waals surface area contributed by atoms with Gasteiger partial charge in [-0.15, -0.1) is 12.4 Å². The van der Waals surface area contributed by atoms with E-state index in [4.69, 9.17) is 4.52 Å². The van der Waals surface area contributed by atoms with Crippen molar-refractivity contribution in [3.63, 3.8) is 0 Å². The SMILES string of the molecule is Cl.O=C(CC1CCCN1)N1CCCC(c2nc(-c3ccc(F)cc3)no2)C1. The average Bonchev–Trinajstić information content (AvgIpc) is 3.34. The zero-order valence-corrected chi connectivity index (χ0v) is 15.9. The number of hydrogen-bond acceptors (Lipinski definition) is 5. The molecule has 2 aliphatic rings. The molecule has 2 saturated heterocycles. The minimum atomic E-state index is -0.296. The summed E-state index contributed by atoms with van der Waals surface area (Å²) in [4.78, 5) is 19.0. The third-order valence-electron chi connectivity index (χ3n) is 5.25. The lowest BCUT2D eigenvalue weighted by atomic mass is 9.97. The fourth-order valence-electron chi connectivity index (χ4n) is 3.79. The number of amides is 1. The van der Waals surface area contributed by atoms with E-state index >= 15 is 0 Å². The second kappa shape index (κ2) is 8.80. The molecule has 2 aliphatic heterocycles. The summed E-state index contributed by atoms with van der Waals surface area (Å²) in [5, 5.41) is 7.40. The Kier molecular flexibility index (Phi) is 6.44. The summed E-state index contributed by atoms with van der Waals surface area (Å²) in [6.45, 7) is 2.42. The third-order valence-corrected chi connectivity index (χ3v) is 5.25. The van der Waals surface area contributed by atoms with Crippen molar-refractivity contribution in [1.29, 1.82) is 0 Å². The number of carbonyl (C=O) groups excluding carboxylic acids is 1. The minimum absolute atomic E-state index is 0. The summed E-state index contributed by atoms with van der Waals surface area (Å²) >= 11 is 0. The molecule has 0 radical (unpaired) electrons. The van der Waals surface area contributed by atoms with Crippen LogP contribution in [0.15, 0.2) is 28.8 Å². The smallest absolute Gasteiger partial charge is 0.231 e. The van der Waals surface area contributed by atoms with E-state index in [0.29, 0.717) is 30.7 Å². The van der Waals surface area contributed by atoms with E-state index in [9.17, 15) is 9.18 Å². The van der Waals surface area contributed by atoms with Gasteiger partial charge in [-0.1, -0.05) is 5.16 Å². The number of nitrogens with one attached hydrogen (secondary N) is 1. The lowest BCUT2D eigenvalue weighted by Crippen LogP contribution is -2.41. The minimum Gasteiger partial charge on any atom is -0.342 e. The molecule has 2 unspecified atom stereocenters. The fraction of sp³-hybridized carbons (Fsp3) is 0.526. The predicted octanol–water partition coefficient (Wildman–Crippen LogP) is 3.15. The quantitative estimate of drug-likeness (QED) is 0.862. The molecule has 3 heterocycles. The number of rotatable bonds is 4. The van der Waals surface area contributed by atoms with Crippen LogP contribution in [-0.2, 0) is 4.79 Å². The number of piperidine rings is 1. The first-order chi connectivity index (χ1) is 12.7. The van der Waals surface area contributed by atoms with Gasteiger partial charge < -0.3 is 14.7 Å². The van der Waals surface area contributed by atoms with Gasteiger partial charge in [0, 0.05) is 31.1 Å². The zero-order chi connectivity index (χ0) is 17.9. The summed E-state index contributed by atoms with van der Waals surface area (Å²) in [6, 6.07) is 6.34. The topological polar surface area (TPSA) is 71.3 Å². The van der Waals surface area contributed by atoms with Crippen LogP contribution in [0.1, 0.15) is 43.9 Å². The number of hydrogen-bond donors (Lipinski definition) is 1. The Bertz CT molecular complexity index is 761. The maximum absolute atomic E-state index is 13.1. The molecule has 1 N–H and O–H groups in total. The van der Waals surface area contributed by atoms with Crippen LogP contribution in [0.2, 0.25) is 0 Å². The first-order valence-corrected chi connectivity index (χ1v) is 9.30. The van der Waals surface area contributed by atoms with Crippen LogP contribution >= 0.6 is 12.4 Å². The summed E-state index contributed by atoms with van der Waals surface area (Å²) in [5.41, 5.74) is 0.720. The number of carbonyl (C=O) groups is 1. The first-order valence-electron chi connectivity index (χ1n) is 9.30. The predicted molar refractivity (Wildman–Crippen MR) is 101 cm³/mol. The largest absolute Gasteiger partial charge is 0.342 e. The molecule has 6 nitrogen and oxygen atoms in total. The Morgan fingerprint density at radius 3 is 2.81 bits per heavy atom. The highest BCUT2D eigenvalue weighted by atomic mass is 35.5. The van der Waals surface area contributed by atoms with E-state index in [1.165, 1.54) is 12.1 Å². The van der Waals surface area contributed by atoms with Crippen LogP contribution in [0, 0.1) is 5.82 Å². The Morgan fingerprint density at radius 1 is 1.26 bits per heavy atom. The molecule has 2 atom stereocenters. The van der Waals surface area contributed by atoms with Gasteiger partial charge in [-0.3, -0.25) is 4.79 Å². The third kappa shape index (κ3) is 4.65. The van der Waals surface area contributed by atoms with Gasteiger partial charge in [-0.05, 0) is 56.5 Å². The van der Waals surface area contributed by atoms with E-state index in [0.717, 1.165) is 44.3 Å². The van der Waals surface area contributed by atoms with E-state index in [-0.39, 0.29) is 30.0 Å². The van der Waals surface area contributed by atoms with Gasteiger partial charge in [0.2, 0.25) is 17.6 Å². The van der Waals surface area contributed by atoms with Crippen molar-refractivity contribution in [2.24, 2.45) is 0 Å². The van der Waals surface area contributed by atoms with Crippen molar-refractivity contribution >= 4 is 18.3 Å². The average molecular weight is 395 g/mol. The van der Waals surface area contributed by atoms with Crippen LogP contribution in [0.5, 0.6) is 0 Å². The molecule has 1 amide bonds. The Labute approximate surface area is 163 Å². The van der Waals surface area contributed by atoms with Crippen LogP contribution in [0.25, 0.3) is 11.4 Å². The standard InChI is InChI=1S/C19H23FN4O2.ClH/c20-15-7-5-13(6-8-15)18-22-19(26-23-18)14-3-2-10-24(12-14)17(25)11-16-4-1-9-21-16;/h5-8,14,16,21H,1-4,9-12H2;1H. The highest BCUT2D eigenvalue weighted by molar-refractivity contribution is 5.85. The van der Waals surface area contributed by atoms with Crippen LogP contribution in [0.4, 0.5) is 4.39 Å². The molecule has 2 aromatic rings. The molecule has 8 heteroatoms. The van der Waals surface area contributed by atoms with Crippen LogP contribution < -0.4 is 5.32 Å². The molecule has 0 bridgehead atoms. The molecule has 0 spiro atoms. The summed E-state index contributed by atoms with van der Waals surface area (Å²) in [7, 11) is 0. The van der Waals surface area contributed by atoms with Crippen molar-refractivity contribution < 1.29 is 13.7 Å². The van der Waals surface area contributed by atoms with Crippen molar-refractivity contribution in [2.45, 2.75) is 44.1 Å². The molecule has 146 valence electrons. The van der Waals surface area contributed by atoms with Gasteiger partial charge in [-0.2, -0.15) is 4.98 Å². The molecule has 1 aromatic carbocycles. The molecular formula is C19H24ClFN4O2. The second-order valence-corrected chi connectivity index (χ2v) is 7.14. The Morgan fingerprint density at radius 2 is 2.07 bits per heavy atom. The highest BCUT2D eigenvalue weighted by Gasteiger charge is 2.30. The summed E-state index contributed by atoms with van der Waals surface area (Å²) in [6.07, 6.45) is 4.65. The highest BCUT2D eigenvalue weighted by Crippen LogP contribution is 2.28. The van der Waals surface area contributed by atoms with Crippen LogP contribution in [-0.4, -0.2) is 46.6 Å². The maximum Gasteiger partial charge on any atom is 0.231 e. The van der Waals surface area contributed by atoms with Gasteiger partial charge in [0.25, 0.3) is 0 Å². The molecule has 0 saturated carbocycles. The lowest BCUT2D eigenvalue weighted by molar-refractivity contribution is -0.133. The van der Waals surface area contributed by atoms with E-state index < -0.39 is 0 Å². The molecular weight excluding hydrogens is 371 g/mol. The number of halogens is 2. The van der Waals surface area contributed by atoms with E-state index in [1.54, 1.807) is 12.1 Å².